The number of aromatic hydroxyl groups is 1. The Hall–Kier alpha value is -1.26. The number of carbonyl (C=O) groups excluding carboxylic acids is 1. The van der Waals surface area contributed by atoms with Crippen LogP contribution in [0.3, 0.4) is 0 Å². The Bertz CT molecular complexity index is 517. The first-order valence-electron chi connectivity index (χ1n) is 7.16. The van der Waals surface area contributed by atoms with Crippen molar-refractivity contribution in [3.63, 3.8) is 0 Å². The molecule has 1 saturated carbocycles. The van der Waals surface area contributed by atoms with E-state index in [2.05, 4.69) is 26.1 Å². The SMILES string of the molecule is CC(C)(C)c1ccc(O)c(NC(=O)C2(N)CCCC2)c1.Cl. The van der Waals surface area contributed by atoms with E-state index >= 15 is 0 Å². The number of nitrogens with one attached hydrogen (secondary N) is 1. The minimum Gasteiger partial charge on any atom is -0.506 e. The molecule has 2 rings (SSSR count). The van der Waals surface area contributed by atoms with Gasteiger partial charge in [-0.1, -0.05) is 39.7 Å². The molecule has 0 radical (unpaired) electrons. The van der Waals surface area contributed by atoms with Crippen molar-refractivity contribution in [3.8, 4) is 5.75 Å². The summed E-state index contributed by atoms with van der Waals surface area (Å²) in [6.45, 7) is 6.27. The molecule has 4 N–H and O–H groups in total. The fraction of sp³-hybridized carbons (Fsp3) is 0.562. The summed E-state index contributed by atoms with van der Waals surface area (Å²) in [5, 5.41) is 12.7. The monoisotopic (exact) mass is 312 g/mol. The topological polar surface area (TPSA) is 75.3 Å². The molecule has 1 amide bonds. The van der Waals surface area contributed by atoms with Crippen molar-refractivity contribution in [2.24, 2.45) is 5.73 Å². The maximum atomic E-state index is 12.3. The van der Waals surface area contributed by atoms with Crippen LogP contribution in [-0.2, 0) is 10.2 Å². The number of amides is 1. The van der Waals surface area contributed by atoms with E-state index in [9.17, 15) is 9.90 Å². The lowest BCUT2D eigenvalue weighted by molar-refractivity contribution is -0.121. The van der Waals surface area contributed by atoms with E-state index < -0.39 is 5.54 Å². The van der Waals surface area contributed by atoms with Crippen molar-refractivity contribution in [2.75, 3.05) is 5.32 Å². The molecule has 5 heteroatoms. The molecule has 1 fully saturated rings. The van der Waals surface area contributed by atoms with E-state index in [1.807, 2.05) is 12.1 Å². The highest BCUT2D eigenvalue weighted by Gasteiger charge is 2.37. The van der Waals surface area contributed by atoms with Crippen molar-refractivity contribution in [1.29, 1.82) is 0 Å². The summed E-state index contributed by atoms with van der Waals surface area (Å²) in [6.07, 6.45) is 3.38. The Labute approximate surface area is 132 Å². The van der Waals surface area contributed by atoms with Gasteiger partial charge in [0.1, 0.15) is 5.75 Å². The van der Waals surface area contributed by atoms with Crippen LogP contribution in [0.2, 0.25) is 0 Å². The molecule has 1 aliphatic carbocycles. The van der Waals surface area contributed by atoms with E-state index in [1.165, 1.54) is 0 Å². The third-order valence-corrected chi connectivity index (χ3v) is 4.06. The number of halogens is 1. The van der Waals surface area contributed by atoms with Crippen molar-refractivity contribution in [2.45, 2.75) is 57.4 Å². The molecular formula is C16H25ClN2O2. The molecule has 0 bridgehead atoms. The van der Waals surface area contributed by atoms with Gasteiger partial charge in [0.05, 0.1) is 11.2 Å². The molecule has 1 aromatic carbocycles. The van der Waals surface area contributed by atoms with Crippen LogP contribution >= 0.6 is 12.4 Å². The maximum Gasteiger partial charge on any atom is 0.244 e. The molecule has 1 aromatic rings. The summed E-state index contributed by atoms with van der Waals surface area (Å²) in [6, 6.07) is 5.32. The van der Waals surface area contributed by atoms with E-state index in [-0.39, 0.29) is 29.5 Å². The van der Waals surface area contributed by atoms with Gasteiger partial charge in [-0.3, -0.25) is 4.79 Å². The lowest BCUT2D eigenvalue weighted by atomic mass is 9.86. The first kappa shape index (κ1) is 17.8. The van der Waals surface area contributed by atoms with Crippen LogP contribution in [0.25, 0.3) is 0 Å². The molecule has 0 unspecified atom stereocenters. The number of nitrogens with two attached hydrogens (primary N) is 1. The summed E-state index contributed by atoms with van der Waals surface area (Å²) < 4.78 is 0. The fourth-order valence-corrected chi connectivity index (χ4v) is 2.58. The van der Waals surface area contributed by atoms with E-state index in [1.54, 1.807) is 6.07 Å². The first-order chi connectivity index (χ1) is 9.22. The van der Waals surface area contributed by atoms with E-state index in [4.69, 9.17) is 5.73 Å². The van der Waals surface area contributed by atoms with Gasteiger partial charge in [0.2, 0.25) is 5.91 Å². The second-order valence-electron chi connectivity index (χ2n) is 6.80. The molecule has 0 atom stereocenters. The summed E-state index contributed by atoms with van der Waals surface area (Å²) in [7, 11) is 0. The highest BCUT2D eigenvalue weighted by atomic mass is 35.5. The Morgan fingerprint density at radius 3 is 2.38 bits per heavy atom. The maximum absolute atomic E-state index is 12.3. The quantitative estimate of drug-likeness (QED) is 0.733. The lowest BCUT2D eigenvalue weighted by Gasteiger charge is -2.24. The minimum atomic E-state index is -0.788. The third-order valence-electron chi connectivity index (χ3n) is 4.06. The predicted molar refractivity (Wildman–Crippen MR) is 88.1 cm³/mol. The molecule has 4 nitrogen and oxygen atoms in total. The second kappa shape index (κ2) is 6.24. The van der Waals surface area contributed by atoms with Crippen molar-refractivity contribution >= 4 is 24.0 Å². The van der Waals surface area contributed by atoms with Crippen molar-refractivity contribution < 1.29 is 9.90 Å². The molecule has 0 spiro atoms. The highest BCUT2D eigenvalue weighted by Crippen LogP contribution is 2.33. The number of benzene rings is 1. The number of phenols is 1. The Kier molecular flexibility index (Phi) is 5.29. The van der Waals surface area contributed by atoms with E-state index in [0.29, 0.717) is 18.5 Å². The molecule has 0 heterocycles. The van der Waals surface area contributed by atoms with Gasteiger partial charge in [-0.05, 0) is 36.0 Å². The average molecular weight is 313 g/mol. The van der Waals surface area contributed by atoms with Crippen LogP contribution in [0, 0.1) is 0 Å². The smallest absolute Gasteiger partial charge is 0.244 e. The summed E-state index contributed by atoms with van der Waals surface area (Å²) >= 11 is 0. The normalized spacial score (nSPS) is 17.1. The zero-order valence-electron chi connectivity index (χ0n) is 12.9. The summed E-state index contributed by atoms with van der Waals surface area (Å²) in [5.41, 5.74) is 6.80. The van der Waals surface area contributed by atoms with Gasteiger partial charge in [-0.15, -0.1) is 12.4 Å². The molecule has 1 aliphatic rings. The van der Waals surface area contributed by atoms with Crippen LogP contribution in [0.5, 0.6) is 5.75 Å². The Morgan fingerprint density at radius 2 is 1.86 bits per heavy atom. The van der Waals surface area contributed by atoms with Crippen LogP contribution in [0.15, 0.2) is 18.2 Å². The number of carbonyl (C=O) groups is 1. The molecule has 0 saturated heterocycles. The Balaban J connectivity index is 0.00000220. The standard InChI is InChI=1S/C16H24N2O2.ClH/c1-15(2,3)11-6-7-13(19)12(10-11)18-14(20)16(17)8-4-5-9-16;/h6-7,10,19H,4-5,8-9,17H2,1-3H3,(H,18,20);1H. The van der Waals surface area contributed by atoms with Gasteiger partial charge in [0.15, 0.2) is 0 Å². The fourth-order valence-electron chi connectivity index (χ4n) is 2.58. The summed E-state index contributed by atoms with van der Waals surface area (Å²) in [5.74, 6) is -0.121. The van der Waals surface area contributed by atoms with E-state index in [0.717, 1.165) is 18.4 Å². The molecule has 118 valence electrons. The van der Waals surface area contributed by atoms with Gasteiger partial charge >= 0.3 is 0 Å². The van der Waals surface area contributed by atoms with Gasteiger partial charge in [0, 0.05) is 0 Å². The molecule has 0 aliphatic heterocycles. The van der Waals surface area contributed by atoms with Gasteiger partial charge in [-0.25, -0.2) is 0 Å². The molecule has 0 aromatic heterocycles. The highest BCUT2D eigenvalue weighted by molar-refractivity contribution is 5.99. The zero-order valence-corrected chi connectivity index (χ0v) is 13.7. The minimum absolute atomic E-state index is 0. The van der Waals surface area contributed by atoms with Crippen LogP contribution in [-0.4, -0.2) is 16.6 Å². The summed E-state index contributed by atoms with van der Waals surface area (Å²) in [4.78, 5) is 12.3. The van der Waals surface area contributed by atoms with Gasteiger partial charge in [0.25, 0.3) is 0 Å². The number of hydrogen-bond donors (Lipinski definition) is 3. The first-order valence-corrected chi connectivity index (χ1v) is 7.16. The number of hydrogen-bond acceptors (Lipinski definition) is 3. The van der Waals surface area contributed by atoms with Crippen LogP contribution in [0.1, 0.15) is 52.0 Å². The number of phenolic OH excluding ortho intramolecular Hbond substituents is 1. The predicted octanol–water partition coefficient (Wildman–Crippen LogP) is 3.32. The second-order valence-corrected chi connectivity index (χ2v) is 6.80. The zero-order chi connectivity index (χ0) is 15.0. The van der Waals surface area contributed by atoms with Gasteiger partial charge in [-0.2, -0.15) is 0 Å². The Morgan fingerprint density at radius 1 is 1.29 bits per heavy atom. The van der Waals surface area contributed by atoms with Gasteiger partial charge < -0.3 is 16.2 Å². The van der Waals surface area contributed by atoms with Crippen molar-refractivity contribution in [1.82, 2.24) is 0 Å². The largest absolute Gasteiger partial charge is 0.506 e. The molecule has 21 heavy (non-hydrogen) atoms. The van der Waals surface area contributed by atoms with Crippen molar-refractivity contribution in [3.05, 3.63) is 23.8 Å². The van der Waals surface area contributed by atoms with Crippen LogP contribution in [0.4, 0.5) is 5.69 Å². The number of rotatable bonds is 2. The lowest BCUT2D eigenvalue weighted by Crippen LogP contribution is -2.48. The number of anilines is 1. The third kappa shape index (κ3) is 3.89. The average Bonchev–Trinajstić information content (AvgIpc) is 2.79. The van der Waals surface area contributed by atoms with Crippen LogP contribution < -0.4 is 11.1 Å². The molecular weight excluding hydrogens is 288 g/mol.